The zero-order chi connectivity index (χ0) is 12.5. The Hall–Kier alpha value is -1.39. The molecule has 2 rings (SSSR count). The number of halogens is 1. The highest BCUT2D eigenvalue weighted by molar-refractivity contribution is 5.40. The Labute approximate surface area is 101 Å². The third-order valence-corrected chi connectivity index (χ3v) is 3.58. The minimum Gasteiger partial charge on any atom is -0.368 e. The lowest BCUT2D eigenvalue weighted by molar-refractivity contribution is 0.216. The van der Waals surface area contributed by atoms with Crippen molar-refractivity contribution in [3.8, 4) is 0 Å². The first-order valence-corrected chi connectivity index (χ1v) is 6.03. The normalized spacial score (nSPS) is 23.4. The number of nitrogens with two attached hydrogens (primary N) is 1. The van der Waals surface area contributed by atoms with Gasteiger partial charge in [0.25, 0.3) is 0 Å². The van der Waals surface area contributed by atoms with Gasteiger partial charge >= 0.3 is 0 Å². The molecular weight excluding hydrogens is 219 g/mol. The van der Waals surface area contributed by atoms with Gasteiger partial charge in [0.15, 0.2) is 11.6 Å². The molecule has 0 saturated heterocycles. The van der Waals surface area contributed by atoms with Gasteiger partial charge in [-0.25, -0.2) is 9.37 Å². The van der Waals surface area contributed by atoms with Crippen molar-refractivity contribution in [3.63, 3.8) is 0 Å². The first kappa shape index (κ1) is 12.1. The molecule has 94 valence electrons. The fourth-order valence-electron chi connectivity index (χ4n) is 2.41. The minimum absolute atomic E-state index is 0.0996. The second kappa shape index (κ2) is 4.47. The van der Waals surface area contributed by atoms with E-state index in [1.165, 1.54) is 12.8 Å². The van der Waals surface area contributed by atoms with Crippen LogP contribution in [0.3, 0.4) is 0 Å². The maximum absolute atomic E-state index is 13.5. The summed E-state index contributed by atoms with van der Waals surface area (Å²) in [7, 11) is 0. The molecule has 1 aromatic heterocycles. The summed E-state index contributed by atoms with van der Waals surface area (Å²) >= 11 is 0. The number of rotatable bonds is 2. The number of aromatic nitrogens is 2. The molecule has 1 unspecified atom stereocenters. The average molecular weight is 238 g/mol. The van der Waals surface area contributed by atoms with Gasteiger partial charge in [0.1, 0.15) is 0 Å². The van der Waals surface area contributed by atoms with Crippen LogP contribution in [0.15, 0.2) is 6.20 Å². The Morgan fingerprint density at radius 2 is 2.24 bits per heavy atom. The first-order chi connectivity index (χ1) is 7.99. The lowest BCUT2D eigenvalue weighted by Gasteiger charge is -2.39. The SMILES string of the molecule is CC1(C)CCCCC1Nc1nc(N)ncc1F. The van der Waals surface area contributed by atoms with Crippen molar-refractivity contribution in [2.45, 2.75) is 45.6 Å². The van der Waals surface area contributed by atoms with E-state index in [-0.39, 0.29) is 23.2 Å². The van der Waals surface area contributed by atoms with Crippen molar-refractivity contribution in [2.75, 3.05) is 11.1 Å². The van der Waals surface area contributed by atoms with Crippen LogP contribution in [0.25, 0.3) is 0 Å². The molecule has 0 spiro atoms. The Balaban J connectivity index is 2.16. The summed E-state index contributed by atoms with van der Waals surface area (Å²) in [5.74, 6) is -0.124. The van der Waals surface area contributed by atoms with E-state index in [2.05, 4.69) is 29.1 Å². The van der Waals surface area contributed by atoms with Gasteiger partial charge in [0, 0.05) is 6.04 Å². The number of nitrogens with zero attached hydrogens (tertiary/aromatic N) is 2. The van der Waals surface area contributed by atoms with Crippen LogP contribution < -0.4 is 11.1 Å². The smallest absolute Gasteiger partial charge is 0.222 e. The van der Waals surface area contributed by atoms with Crippen molar-refractivity contribution in [3.05, 3.63) is 12.0 Å². The zero-order valence-corrected chi connectivity index (χ0v) is 10.3. The molecule has 0 radical (unpaired) electrons. The molecule has 1 aromatic rings. The lowest BCUT2D eigenvalue weighted by Crippen LogP contribution is -2.39. The molecule has 1 aliphatic rings. The molecule has 1 saturated carbocycles. The average Bonchev–Trinajstić information content (AvgIpc) is 2.26. The van der Waals surface area contributed by atoms with E-state index in [9.17, 15) is 4.39 Å². The molecule has 1 heterocycles. The Morgan fingerprint density at radius 1 is 1.47 bits per heavy atom. The maximum Gasteiger partial charge on any atom is 0.222 e. The molecule has 1 atom stereocenters. The van der Waals surface area contributed by atoms with Gasteiger partial charge < -0.3 is 11.1 Å². The van der Waals surface area contributed by atoms with E-state index < -0.39 is 5.82 Å². The molecule has 4 nitrogen and oxygen atoms in total. The second-order valence-electron chi connectivity index (χ2n) is 5.36. The van der Waals surface area contributed by atoms with Gasteiger partial charge in [-0.2, -0.15) is 4.98 Å². The van der Waals surface area contributed by atoms with Crippen LogP contribution in [0.5, 0.6) is 0 Å². The summed E-state index contributed by atoms with van der Waals surface area (Å²) in [6, 6.07) is 0.236. The van der Waals surface area contributed by atoms with Crippen LogP contribution >= 0.6 is 0 Å². The van der Waals surface area contributed by atoms with E-state index >= 15 is 0 Å². The van der Waals surface area contributed by atoms with Gasteiger partial charge in [-0.1, -0.05) is 26.7 Å². The summed E-state index contributed by atoms with van der Waals surface area (Å²) in [4.78, 5) is 7.53. The molecular formula is C12H19FN4. The largest absolute Gasteiger partial charge is 0.368 e. The van der Waals surface area contributed by atoms with Crippen LogP contribution in [-0.2, 0) is 0 Å². The predicted molar refractivity (Wildman–Crippen MR) is 66.1 cm³/mol. The van der Waals surface area contributed by atoms with Gasteiger partial charge in [-0.3, -0.25) is 0 Å². The van der Waals surface area contributed by atoms with Crippen LogP contribution in [0, 0.1) is 11.2 Å². The highest BCUT2D eigenvalue weighted by Gasteiger charge is 2.32. The van der Waals surface area contributed by atoms with E-state index in [0.717, 1.165) is 19.0 Å². The van der Waals surface area contributed by atoms with E-state index in [1.807, 2.05) is 0 Å². The third-order valence-electron chi connectivity index (χ3n) is 3.58. The molecule has 0 aliphatic heterocycles. The molecule has 5 heteroatoms. The van der Waals surface area contributed by atoms with Gasteiger partial charge in [-0.15, -0.1) is 0 Å². The van der Waals surface area contributed by atoms with Crippen molar-refractivity contribution >= 4 is 11.8 Å². The van der Waals surface area contributed by atoms with Crippen LogP contribution in [0.2, 0.25) is 0 Å². The summed E-state index contributed by atoms with van der Waals surface area (Å²) in [6.07, 6.45) is 5.70. The third kappa shape index (κ3) is 2.65. The standard InChI is InChI=1S/C12H19FN4/c1-12(2)6-4-3-5-9(12)16-10-8(13)7-15-11(14)17-10/h7,9H,3-6H2,1-2H3,(H3,14,15,16,17). The van der Waals surface area contributed by atoms with Crippen LogP contribution in [0.1, 0.15) is 39.5 Å². The number of nitrogens with one attached hydrogen (secondary N) is 1. The summed E-state index contributed by atoms with van der Waals surface area (Å²) < 4.78 is 13.5. The van der Waals surface area contributed by atoms with E-state index in [0.29, 0.717) is 0 Å². The number of nitrogen functional groups attached to an aromatic ring is 1. The topological polar surface area (TPSA) is 63.8 Å². The maximum atomic E-state index is 13.5. The van der Waals surface area contributed by atoms with Gasteiger partial charge in [0.05, 0.1) is 6.20 Å². The predicted octanol–water partition coefficient (Wildman–Crippen LogP) is 2.58. The van der Waals surface area contributed by atoms with Crippen molar-refractivity contribution in [2.24, 2.45) is 5.41 Å². The van der Waals surface area contributed by atoms with Crippen molar-refractivity contribution < 1.29 is 4.39 Å². The Bertz CT molecular complexity index is 405. The number of hydrogen-bond donors (Lipinski definition) is 2. The highest BCUT2D eigenvalue weighted by Crippen LogP contribution is 2.37. The summed E-state index contributed by atoms with van der Waals surface area (Å²) in [5.41, 5.74) is 5.63. The number of hydrogen-bond acceptors (Lipinski definition) is 4. The first-order valence-electron chi connectivity index (χ1n) is 6.03. The molecule has 17 heavy (non-hydrogen) atoms. The van der Waals surface area contributed by atoms with Crippen molar-refractivity contribution in [1.29, 1.82) is 0 Å². The summed E-state index contributed by atoms with van der Waals surface area (Å²) in [6.45, 7) is 4.40. The highest BCUT2D eigenvalue weighted by atomic mass is 19.1. The second-order valence-corrected chi connectivity index (χ2v) is 5.36. The lowest BCUT2D eigenvalue weighted by atomic mass is 9.73. The minimum atomic E-state index is -0.444. The quantitative estimate of drug-likeness (QED) is 0.831. The number of anilines is 2. The fraction of sp³-hybridized carbons (Fsp3) is 0.667. The Morgan fingerprint density at radius 3 is 2.94 bits per heavy atom. The van der Waals surface area contributed by atoms with E-state index in [1.54, 1.807) is 0 Å². The molecule has 0 aromatic carbocycles. The fourth-order valence-corrected chi connectivity index (χ4v) is 2.41. The molecule has 3 N–H and O–H groups in total. The molecule has 1 aliphatic carbocycles. The summed E-state index contributed by atoms with van der Waals surface area (Å²) in [5, 5.41) is 3.17. The Kier molecular flexibility index (Phi) is 3.17. The molecule has 1 fully saturated rings. The van der Waals surface area contributed by atoms with Gasteiger partial charge in [-0.05, 0) is 18.3 Å². The molecule has 0 bridgehead atoms. The molecule has 0 amide bonds. The monoisotopic (exact) mass is 238 g/mol. The van der Waals surface area contributed by atoms with E-state index in [4.69, 9.17) is 5.73 Å². The van der Waals surface area contributed by atoms with Gasteiger partial charge in [0.2, 0.25) is 5.95 Å². The van der Waals surface area contributed by atoms with Crippen LogP contribution in [0.4, 0.5) is 16.2 Å². The zero-order valence-electron chi connectivity index (χ0n) is 10.3. The van der Waals surface area contributed by atoms with Crippen LogP contribution in [-0.4, -0.2) is 16.0 Å². The van der Waals surface area contributed by atoms with Crippen molar-refractivity contribution in [1.82, 2.24) is 9.97 Å².